The molecule has 3 heteroatoms. The number of aliphatic hydroxyl groups excluding tert-OH is 1. The van der Waals surface area contributed by atoms with E-state index in [4.69, 9.17) is 5.11 Å². The fourth-order valence-electron chi connectivity index (χ4n) is 1.86. The Kier molecular flexibility index (Phi) is 4.35. The van der Waals surface area contributed by atoms with Crippen LogP contribution < -0.4 is 0 Å². The predicted octanol–water partition coefficient (Wildman–Crippen LogP) is 2.53. The smallest absolute Gasteiger partial charge is 0.309 e. The number of aliphatic carboxylic acids is 1. The molecule has 0 aromatic carbocycles. The summed E-state index contributed by atoms with van der Waals surface area (Å²) in [5.74, 6) is -0.827. The fraction of sp³-hybridized carbons (Fsp3) is 0.917. The number of carbonyl (C=O) groups is 1. The molecule has 0 heterocycles. The van der Waals surface area contributed by atoms with E-state index in [0.29, 0.717) is 6.42 Å². The van der Waals surface area contributed by atoms with Gasteiger partial charge in [-0.05, 0) is 31.6 Å². The van der Waals surface area contributed by atoms with Crippen LogP contribution in [0.15, 0.2) is 0 Å². The Morgan fingerprint density at radius 3 is 1.87 bits per heavy atom. The van der Waals surface area contributed by atoms with Crippen molar-refractivity contribution in [2.24, 2.45) is 16.7 Å². The summed E-state index contributed by atoms with van der Waals surface area (Å²) in [6.07, 6.45) is 0.0111. The average Bonchev–Trinajstić information content (AvgIpc) is 2.00. The van der Waals surface area contributed by atoms with E-state index in [1.165, 1.54) is 0 Å². The summed E-state index contributed by atoms with van der Waals surface area (Å²) < 4.78 is 0. The summed E-state index contributed by atoms with van der Waals surface area (Å²) in [5.41, 5.74) is -0.973. The largest absolute Gasteiger partial charge is 0.481 e. The first-order valence-electron chi connectivity index (χ1n) is 5.40. The van der Waals surface area contributed by atoms with Gasteiger partial charge in [0.05, 0.1) is 11.5 Å². The maximum absolute atomic E-state index is 10.9. The summed E-state index contributed by atoms with van der Waals surface area (Å²) in [6.45, 7) is 11.2. The summed E-state index contributed by atoms with van der Waals surface area (Å²) >= 11 is 0. The van der Waals surface area contributed by atoms with E-state index >= 15 is 0 Å². The second-order valence-corrected chi connectivity index (χ2v) is 6.18. The molecule has 15 heavy (non-hydrogen) atoms. The predicted molar refractivity (Wildman–Crippen MR) is 60.7 cm³/mol. The molecule has 0 radical (unpaired) electrons. The maximum Gasteiger partial charge on any atom is 0.309 e. The van der Waals surface area contributed by atoms with Gasteiger partial charge in [0.2, 0.25) is 0 Å². The van der Waals surface area contributed by atoms with Crippen molar-refractivity contribution in [3.63, 3.8) is 0 Å². The Hall–Kier alpha value is -0.570. The van der Waals surface area contributed by atoms with Crippen LogP contribution in [0.1, 0.15) is 48.0 Å². The number of aliphatic hydroxyl groups is 1. The molecular weight excluding hydrogens is 192 g/mol. The van der Waals surface area contributed by atoms with Crippen LogP contribution in [-0.2, 0) is 4.79 Å². The Labute approximate surface area is 92.5 Å². The topological polar surface area (TPSA) is 57.5 Å². The zero-order valence-corrected chi connectivity index (χ0v) is 10.7. The average molecular weight is 216 g/mol. The molecule has 0 saturated carbocycles. The van der Waals surface area contributed by atoms with Crippen LogP contribution in [0.25, 0.3) is 0 Å². The lowest BCUT2D eigenvalue weighted by Crippen LogP contribution is -2.36. The summed E-state index contributed by atoms with van der Waals surface area (Å²) in [4.78, 5) is 10.9. The molecule has 0 fully saturated rings. The van der Waals surface area contributed by atoms with Crippen LogP contribution in [0.4, 0.5) is 0 Å². The molecule has 90 valence electrons. The minimum absolute atomic E-state index is 0.0175. The van der Waals surface area contributed by atoms with Gasteiger partial charge in [0.15, 0.2) is 0 Å². The standard InChI is InChI=1S/C12H24O3/c1-8(9(13)11(2,3)4)7-12(5,6)10(14)15/h8-9,13H,7H2,1-6H3,(H,14,15). The van der Waals surface area contributed by atoms with Crippen LogP contribution in [-0.4, -0.2) is 22.3 Å². The van der Waals surface area contributed by atoms with Crippen LogP contribution in [0, 0.1) is 16.7 Å². The van der Waals surface area contributed by atoms with Gasteiger partial charge in [0.1, 0.15) is 0 Å². The van der Waals surface area contributed by atoms with Crippen LogP contribution in [0.5, 0.6) is 0 Å². The highest BCUT2D eigenvalue weighted by molar-refractivity contribution is 5.73. The molecule has 2 N–H and O–H groups in total. The molecule has 0 aliphatic carbocycles. The normalized spacial score (nSPS) is 17.3. The van der Waals surface area contributed by atoms with Gasteiger partial charge >= 0.3 is 5.97 Å². The van der Waals surface area contributed by atoms with E-state index in [9.17, 15) is 9.90 Å². The summed E-state index contributed by atoms with van der Waals surface area (Å²) in [5, 5.41) is 19.0. The van der Waals surface area contributed by atoms with Gasteiger partial charge in [0, 0.05) is 0 Å². The highest BCUT2D eigenvalue weighted by atomic mass is 16.4. The van der Waals surface area contributed by atoms with E-state index in [-0.39, 0.29) is 11.3 Å². The molecule has 2 unspecified atom stereocenters. The second kappa shape index (κ2) is 4.52. The van der Waals surface area contributed by atoms with Crippen molar-refractivity contribution in [3.8, 4) is 0 Å². The number of carboxylic acids is 1. The third-order valence-corrected chi connectivity index (χ3v) is 2.84. The minimum atomic E-state index is -0.810. The summed E-state index contributed by atoms with van der Waals surface area (Å²) in [6, 6.07) is 0. The van der Waals surface area contributed by atoms with Crippen molar-refractivity contribution < 1.29 is 15.0 Å². The van der Waals surface area contributed by atoms with Crippen molar-refractivity contribution in [2.75, 3.05) is 0 Å². The van der Waals surface area contributed by atoms with E-state index < -0.39 is 17.5 Å². The molecule has 2 atom stereocenters. The van der Waals surface area contributed by atoms with Gasteiger partial charge in [-0.25, -0.2) is 0 Å². The summed E-state index contributed by atoms with van der Waals surface area (Å²) in [7, 11) is 0. The van der Waals surface area contributed by atoms with Crippen LogP contribution in [0.2, 0.25) is 0 Å². The Bertz CT molecular complexity index is 226. The van der Waals surface area contributed by atoms with Crippen molar-refractivity contribution >= 4 is 5.97 Å². The molecule has 0 aliphatic heterocycles. The number of carboxylic acid groups (broad SMARTS) is 1. The molecule has 0 saturated heterocycles. The molecular formula is C12H24O3. The first kappa shape index (κ1) is 14.4. The first-order chi connectivity index (χ1) is 6.48. The molecule has 0 aromatic rings. The lowest BCUT2D eigenvalue weighted by Gasteiger charge is -2.34. The molecule has 0 bridgehead atoms. The van der Waals surface area contributed by atoms with Gasteiger partial charge in [-0.2, -0.15) is 0 Å². The molecule has 0 spiro atoms. The van der Waals surface area contributed by atoms with E-state index in [2.05, 4.69) is 0 Å². The Morgan fingerprint density at radius 2 is 1.60 bits per heavy atom. The van der Waals surface area contributed by atoms with Crippen LogP contribution in [0.3, 0.4) is 0 Å². The highest BCUT2D eigenvalue weighted by Crippen LogP contribution is 2.33. The van der Waals surface area contributed by atoms with Gasteiger partial charge in [-0.1, -0.05) is 27.7 Å². The van der Waals surface area contributed by atoms with Crippen molar-refractivity contribution in [3.05, 3.63) is 0 Å². The Balaban J connectivity index is 4.50. The van der Waals surface area contributed by atoms with Gasteiger partial charge in [-0.15, -0.1) is 0 Å². The quantitative estimate of drug-likeness (QED) is 0.759. The van der Waals surface area contributed by atoms with E-state index in [1.807, 2.05) is 27.7 Å². The highest BCUT2D eigenvalue weighted by Gasteiger charge is 2.35. The van der Waals surface area contributed by atoms with Crippen molar-refractivity contribution in [1.29, 1.82) is 0 Å². The zero-order chi connectivity index (χ0) is 12.4. The molecule has 0 aromatic heterocycles. The molecule has 3 nitrogen and oxygen atoms in total. The second-order valence-electron chi connectivity index (χ2n) is 6.18. The lowest BCUT2D eigenvalue weighted by molar-refractivity contribution is -0.148. The van der Waals surface area contributed by atoms with E-state index in [0.717, 1.165) is 0 Å². The maximum atomic E-state index is 10.9. The van der Waals surface area contributed by atoms with Gasteiger partial charge in [-0.3, -0.25) is 4.79 Å². The zero-order valence-electron chi connectivity index (χ0n) is 10.7. The first-order valence-corrected chi connectivity index (χ1v) is 5.40. The molecule has 0 aliphatic rings. The SMILES string of the molecule is CC(CC(C)(C)C(=O)O)C(O)C(C)(C)C. The van der Waals surface area contributed by atoms with Crippen molar-refractivity contribution in [2.45, 2.75) is 54.1 Å². The molecule has 0 rings (SSSR count). The number of rotatable bonds is 4. The third-order valence-electron chi connectivity index (χ3n) is 2.84. The minimum Gasteiger partial charge on any atom is -0.481 e. The lowest BCUT2D eigenvalue weighted by atomic mass is 9.75. The van der Waals surface area contributed by atoms with Crippen molar-refractivity contribution in [1.82, 2.24) is 0 Å². The number of hydrogen-bond donors (Lipinski definition) is 2. The fourth-order valence-corrected chi connectivity index (χ4v) is 1.86. The van der Waals surface area contributed by atoms with Gasteiger partial charge in [0.25, 0.3) is 0 Å². The monoisotopic (exact) mass is 216 g/mol. The van der Waals surface area contributed by atoms with Crippen LogP contribution >= 0.6 is 0 Å². The Morgan fingerprint density at radius 1 is 1.20 bits per heavy atom. The third kappa shape index (κ3) is 4.20. The molecule has 0 amide bonds. The van der Waals surface area contributed by atoms with E-state index in [1.54, 1.807) is 13.8 Å². The van der Waals surface area contributed by atoms with Gasteiger partial charge < -0.3 is 10.2 Å². The number of hydrogen-bond acceptors (Lipinski definition) is 2.